The zero-order valence-corrected chi connectivity index (χ0v) is 12.8. The van der Waals surface area contributed by atoms with Gasteiger partial charge in [0.25, 0.3) is 0 Å². The largest absolute Gasteiger partial charge is 0.342 e. The van der Waals surface area contributed by atoms with Crippen LogP contribution in [0.1, 0.15) is 50.1 Å². The third-order valence-corrected chi connectivity index (χ3v) is 5.41. The molecule has 1 N–H and O–H groups in total. The molecule has 2 aliphatic rings. The molecular weight excluding hydrogens is 310 g/mol. The van der Waals surface area contributed by atoms with Gasteiger partial charge >= 0.3 is 0 Å². The molecule has 18 heavy (non-hydrogen) atoms. The van der Waals surface area contributed by atoms with E-state index in [1.807, 2.05) is 0 Å². The lowest BCUT2D eigenvalue weighted by atomic mass is 10.0. The lowest BCUT2D eigenvalue weighted by Gasteiger charge is -2.20. The molecule has 1 aromatic rings. The number of anilines is 1. The zero-order valence-electron chi connectivity index (χ0n) is 10.4. The summed E-state index contributed by atoms with van der Waals surface area (Å²) in [4.78, 5) is 10.4. The summed E-state index contributed by atoms with van der Waals surface area (Å²) in [6.45, 7) is 2.20. The zero-order chi connectivity index (χ0) is 12.5. The second-order valence-corrected chi connectivity index (χ2v) is 6.45. The maximum absolute atomic E-state index is 5.39. The molecule has 0 atom stereocenters. The fraction of sp³-hybridized carbons (Fsp3) is 0.692. The summed E-state index contributed by atoms with van der Waals surface area (Å²) in [7, 11) is 0. The van der Waals surface area contributed by atoms with Gasteiger partial charge in [-0.3, -0.25) is 0 Å². The molecule has 0 amide bonds. The molecule has 1 aromatic heterocycles. The molecule has 2 fully saturated rings. The maximum atomic E-state index is 5.39. The van der Waals surface area contributed by atoms with Crippen LogP contribution in [0.4, 0.5) is 5.95 Å². The van der Waals surface area contributed by atoms with Gasteiger partial charge in [0.1, 0.15) is 4.64 Å². The summed E-state index contributed by atoms with van der Waals surface area (Å²) in [5.41, 5.74) is 1.27. The summed E-state index contributed by atoms with van der Waals surface area (Å²) in [5.74, 6) is 1.60. The van der Waals surface area contributed by atoms with E-state index < -0.39 is 0 Å². The fourth-order valence-corrected chi connectivity index (χ4v) is 3.75. The van der Waals surface area contributed by atoms with Crippen molar-refractivity contribution in [2.75, 3.05) is 18.0 Å². The van der Waals surface area contributed by atoms with E-state index in [-0.39, 0.29) is 0 Å². The monoisotopic (exact) mass is 327 g/mol. The average molecular weight is 328 g/mol. The van der Waals surface area contributed by atoms with Crippen LogP contribution >= 0.6 is 28.1 Å². The molecule has 2 heterocycles. The minimum Gasteiger partial charge on any atom is -0.342 e. The van der Waals surface area contributed by atoms with E-state index >= 15 is 0 Å². The van der Waals surface area contributed by atoms with Gasteiger partial charge in [0.05, 0.1) is 4.47 Å². The van der Waals surface area contributed by atoms with Crippen molar-refractivity contribution in [1.82, 2.24) is 9.97 Å². The van der Waals surface area contributed by atoms with Crippen LogP contribution in [0.5, 0.6) is 0 Å². The van der Waals surface area contributed by atoms with Gasteiger partial charge < -0.3 is 9.88 Å². The highest BCUT2D eigenvalue weighted by Gasteiger charge is 2.23. The van der Waals surface area contributed by atoms with Crippen molar-refractivity contribution >= 4 is 34.1 Å². The summed E-state index contributed by atoms with van der Waals surface area (Å²) >= 11 is 9.01. The molecule has 3 nitrogen and oxygen atoms in total. The van der Waals surface area contributed by atoms with Crippen LogP contribution in [0.15, 0.2) is 4.47 Å². The Hall–Kier alpha value is -0.420. The van der Waals surface area contributed by atoms with Gasteiger partial charge in [0.2, 0.25) is 5.95 Å². The molecule has 98 valence electrons. The lowest BCUT2D eigenvalue weighted by molar-refractivity contribution is 0.684. The van der Waals surface area contributed by atoms with Crippen LogP contribution in [0, 0.1) is 4.64 Å². The molecule has 1 saturated carbocycles. The van der Waals surface area contributed by atoms with Crippen molar-refractivity contribution < 1.29 is 0 Å². The Kier molecular flexibility index (Phi) is 3.71. The number of hydrogen-bond donors (Lipinski definition) is 1. The van der Waals surface area contributed by atoms with Crippen LogP contribution < -0.4 is 4.90 Å². The molecular formula is C13H18BrN3S. The number of nitrogens with zero attached hydrogens (tertiary/aromatic N) is 2. The van der Waals surface area contributed by atoms with Crippen molar-refractivity contribution in [2.45, 2.75) is 44.4 Å². The van der Waals surface area contributed by atoms with Gasteiger partial charge in [0.15, 0.2) is 0 Å². The minimum atomic E-state index is 0.630. The molecule has 3 rings (SSSR count). The lowest BCUT2D eigenvalue weighted by Crippen LogP contribution is -2.21. The van der Waals surface area contributed by atoms with Crippen LogP contribution in [0.25, 0.3) is 0 Å². The number of nitrogens with one attached hydrogen (secondary N) is 1. The first kappa shape index (κ1) is 12.6. The molecule has 1 aliphatic carbocycles. The van der Waals surface area contributed by atoms with Gasteiger partial charge in [0, 0.05) is 24.7 Å². The average Bonchev–Trinajstić information content (AvgIpc) is 3.03. The predicted octanol–water partition coefficient (Wildman–Crippen LogP) is 4.16. The van der Waals surface area contributed by atoms with Crippen LogP contribution in [-0.2, 0) is 0 Å². The Labute approximate surface area is 121 Å². The highest BCUT2D eigenvalue weighted by Crippen LogP contribution is 2.37. The molecule has 1 aliphatic heterocycles. The van der Waals surface area contributed by atoms with E-state index in [1.165, 1.54) is 44.2 Å². The summed E-state index contributed by atoms with van der Waals surface area (Å²) < 4.78 is 1.71. The Balaban J connectivity index is 1.98. The first-order valence-electron chi connectivity index (χ1n) is 6.80. The van der Waals surface area contributed by atoms with Gasteiger partial charge in [-0.05, 0) is 41.6 Å². The maximum Gasteiger partial charge on any atom is 0.204 e. The summed E-state index contributed by atoms with van der Waals surface area (Å²) in [6, 6.07) is 0. The second kappa shape index (κ2) is 5.29. The van der Waals surface area contributed by atoms with Gasteiger partial charge in [-0.25, -0.2) is 4.98 Å². The smallest absolute Gasteiger partial charge is 0.204 e. The van der Waals surface area contributed by atoms with E-state index in [1.54, 1.807) is 0 Å². The molecule has 0 spiro atoms. The third-order valence-electron chi connectivity index (χ3n) is 4.05. The number of hydrogen-bond acceptors (Lipinski definition) is 3. The van der Waals surface area contributed by atoms with Crippen LogP contribution in [0.3, 0.4) is 0 Å². The van der Waals surface area contributed by atoms with E-state index in [0.717, 1.165) is 23.5 Å². The molecule has 0 radical (unpaired) electrons. The number of aromatic amines is 1. The van der Waals surface area contributed by atoms with Crippen LogP contribution in [0.2, 0.25) is 0 Å². The second-order valence-electron chi connectivity index (χ2n) is 5.27. The minimum absolute atomic E-state index is 0.630. The number of aromatic nitrogens is 2. The SMILES string of the molecule is S=c1nc(N2CCCC2)[nH]c(C2CCCC2)c1Br. The molecule has 5 heteroatoms. The van der Waals surface area contributed by atoms with Crippen molar-refractivity contribution in [3.05, 3.63) is 14.8 Å². The quantitative estimate of drug-likeness (QED) is 0.827. The number of H-pyrrole nitrogens is 1. The Morgan fingerprint density at radius 3 is 2.50 bits per heavy atom. The Morgan fingerprint density at radius 2 is 1.83 bits per heavy atom. The van der Waals surface area contributed by atoms with E-state index in [4.69, 9.17) is 12.2 Å². The fourth-order valence-electron chi connectivity index (χ4n) is 3.04. The van der Waals surface area contributed by atoms with Crippen molar-refractivity contribution in [2.24, 2.45) is 0 Å². The van der Waals surface area contributed by atoms with Gasteiger partial charge in [-0.15, -0.1) is 0 Å². The highest BCUT2D eigenvalue weighted by atomic mass is 79.9. The summed E-state index contributed by atoms with van der Waals surface area (Å²) in [5, 5.41) is 0. The van der Waals surface area contributed by atoms with Crippen molar-refractivity contribution in [3.63, 3.8) is 0 Å². The van der Waals surface area contributed by atoms with Crippen molar-refractivity contribution in [3.8, 4) is 0 Å². The van der Waals surface area contributed by atoms with Crippen molar-refractivity contribution in [1.29, 1.82) is 0 Å². The van der Waals surface area contributed by atoms with E-state index in [9.17, 15) is 0 Å². The topological polar surface area (TPSA) is 31.9 Å². The molecule has 1 saturated heterocycles. The third kappa shape index (κ3) is 2.35. The first-order valence-corrected chi connectivity index (χ1v) is 8.00. The molecule has 0 unspecified atom stereocenters. The van der Waals surface area contributed by atoms with Gasteiger partial charge in [-0.2, -0.15) is 0 Å². The predicted molar refractivity (Wildman–Crippen MR) is 79.8 cm³/mol. The van der Waals surface area contributed by atoms with Crippen LogP contribution in [-0.4, -0.2) is 23.1 Å². The Morgan fingerprint density at radius 1 is 1.17 bits per heavy atom. The molecule has 0 aromatic carbocycles. The highest BCUT2D eigenvalue weighted by molar-refractivity contribution is 9.10. The van der Waals surface area contributed by atoms with E-state index in [0.29, 0.717) is 10.6 Å². The number of rotatable bonds is 2. The number of halogens is 1. The standard InChI is InChI=1S/C13H18BrN3S/c14-10-11(9-5-1-2-6-9)15-13(16-12(10)18)17-7-3-4-8-17/h9H,1-8H2,(H,15,16,18). The first-order chi connectivity index (χ1) is 8.75. The normalized spacial score (nSPS) is 20.8. The summed E-state index contributed by atoms with van der Waals surface area (Å²) in [6.07, 6.45) is 7.73. The Bertz CT molecular complexity index is 487. The van der Waals surface area contributed by atoms with Gasteiger partial charge in [-0.1, -0.05) is 25.1 Å². The molecule has 0 bridgehead atoms. The van der Waals surface area contributed by atoms with E-state index in [2.05, 4.69) is 30.8 Å².